The Hall–Kier alpha value is -1.42. The molecule has 1 aromatic rings. The standard InChI is InChI=1S/C16H26N2O2/c1-2-20-15-10-6-9-14(16(15)17)18(11-12-19)13-7-4-3-5-8-13/h6,9-10,13,19H,2-5,7-8,11-12,17H2,1H3. The summed E-state index contributed by atoms with van der Waals surface area (Å²) in [6.45, 7) is 3.34. The maximum Gasteiger partial charge on any atom is 0.144 e. The van der Waals surface area contributed by atoms with E-state index < -0.39 is 0 Å². The van der Waals surface area contributed by atoms with Crippen molar-refractivity contribution in [1.82, 2.24) is 0 Å². The molecule has 0 aliphatic heterocycles. The number of nitrogens with zero attached hydrogens (tertiary/aromatic N) is 1. The van der Waals surface area contributed by atoms with Gasteiger partial charge in [0.25, 0.3) is 0 Å². The van der Waals surface area contributed by atoms with Crippen LogP contribution in [0.5, 0.6) is 5.75 Å². The van der Waals surface area contributed by atoms with Crippen LogP contribution in [0.3, 0.4) is 0 Å². The Morgan fingerprint density at radius 1 is 1.30 bits per heavy atom. The molecule has 3 N–H and O–H groups in total. The minimum atomic E-state index is 0.148. The quantitative estimate of drug-likeness (QED) is 0.786. The van der Waals surface area contributed by atoms with Crippen molar-refractivity contribution < 1.29 is 9.84 Å². The second-order valence-corrected chi connectivity index (χ2v) is 5.33. The van der Waals surface area contributed by atoms with Crippen LogP contribution < -0.4 is 15.4 Å². The molecule has 1 aromatic carbocycles. The molecule has 1 aliphatic rings. The van der Waals surface area contributed by atoms with E-state index in [1.807, 2.05) is 25.1 Å². The normalized spacial score (nSPS) is 16.1. The molecule has 1 saturated carbocycles. The zero-order valence-corrected chi connectivity index (χ0v) is 12.3. The molecular formula is C16H26N2O2. The summed E-state index contributed by atoms with van der Waals surface area (Å²) in [6, 6.07) is 6.39. The molecule has 0 bridgehead atoms. The molecule has 4 nitrogen and oxygen atoms in total. The SMILES string of the molecule is CCOc1cccc(N(CCO)C2CCCCC2)c1N. The van der Waals surface area contributed by atoms with Gasteiger partial charge >= 0.3 is 0 Å². The molecule has 0 heterocycles. The first-order valence-electron chi connectivity index (χ1n) is 7.66. The third kappa shape index (κ3) is 3.37. The van der Waals surface area contributed by atoms with Crippen molar-refractivity contribution in [2.45, 2.75) is 45.1 Å². The second-order valence-electron chi connectivity index (χ2n) is 5.33. The number of para-hydroxylation sites is 1. The average molecular weight is 278 g/mol. The van der Waals surface area contributed by atoms with E-state index >= 15 is 0 Å². The van der Waals surface area contributed by atoms with Crippen LogP contribution in [0.1, 0.15) is 39.0 Å². The van der Waals surface area contributed by atoms with Gasteiger partial charge in [0.1, 0.15) is 5.75 Å². The van der Waals surface area contributed by atoms with Crippen LogP contribution >= 0.6 is 0 Å². The van der Waals surface area contributed by atoms with E-state index in [9.17, 15) is 5.11 Å². The summed E-state index contributed by atoms with van der Waals surface area (Å²) in [5.41, 5.74) is 7.94. The molecule has 0 amide bonds. The van der Waals surface area contributed by atoms with E-state index in [4.69, 9.17) is 10.5 Å². The number of nitrogens with two attached hydrogens (primary N) is 1. The number of hydrogen-bond donors (Lipinski definition) is 2. The summed E-state index contributed by atoms with van der Waals surface area (Å²) >= 11 is 0. The summed E-state index contributed by atoms with van der Waals surface area (Å²) in [6.07, 6.45) is 6.20. The Balaban J connectivity index is 2.25. The summed E-state index contributed by atoms with van der Waals surface area (Å²) in [4.78, 5) is 2.26. The van der Waals surface area contributed by atoms with E-state index in [0.717, 1.165) is 11.4 Å². The molecule has 20 heavy (non-hydrogen) atoms. The van der Waals surface area contributed by atoms with Crippen molar-refractivity contribution in [1.29, 1.82) is 0 Å². The fraction of sp³-hybridized carbons (Fsp3) is 0.625. The highest BCUT2D eigenvalue weighted by Crippen LogP contribution is 2.35. The Bertz CT molecular complexity index is 417. The fourth-order valence-electron chi connectivity index (χ4n) is 3.06. The molecule has 0 aromatic heterocycles. The van der Waals surface area contributed by atoms with E-state index in [0.29, 0.717) is 24.9 Å². The number of aliphatic hydroxyl groups is 1. The Morgan fingerprint density at radius 2 is 2.05 bits per heavy atom. The minimum absolute atomic E-state index is 0.148. The van der Waals surface area contributed by atoms with Crippen molar-refractivity contribution in [3.8, 4) is 5.75 Å². The first-order valence-corrected chi connectivity index (χ1v) is 7.66. The van der Waals surface area contributed by atoms with Crippen molar-refractivity contribution >= 4 is 11.4 Å². The molecule has 0 spiro atoms. The number of rotatable bonds is 6. The predicted molar refractivity (Wildman–Crippen MR) is 83.3 cm³/mol. The van der Waals surface area contributed by atoms with Crippen molar-refractivity contribution in [3.63, 3.8) is 0 Å². The number of anilines is 2. The van der Waals surface area contributed by atoms with Crippen LogP contribution in [0.15, 0.2) is 18.2 Å². The van der Waals surface area contributed by atoms with Crippen LogP contribution in [0.25, 0.3) is 0 Å². The molecule has 1 aliphatic carbocycles. The van der Waals surface area contributed by atoms with Crippen molar-refractivity contribution in [2.24, 2.45) is 0 Å². The summed E-state index contributed by atoms with van der Waals surface area (Å²) < 4.78 is 5.58. The Kier molecular flexibility index (Phi) is 5.53. The van der Waals surface area contributed by atoms with E-state index in [1.165, 1.54) is 32.1 Å². The Labute approximate surface area is 121 Å². The molecule has 0 radical (unpaired) electrons. The van der Waals surface area contributed by atoms with Gasteiger partial charge in [0.05, 0.1) is 24.6 Å². The smallest absolute Gasteiger partial charge is 0.144 e. The molecule has 0 unspecified atom stereocenters. The molecular weight excluding hydrogens is 252 g/mol. The molecule has 0 atom stereocenters. The Morgan fingerprint density at radius 3 is 2.70 bits per heavy atom. The lowest BCUT2D eigenvalue weighted by Gasteiger charge is -2.36. The van der Waals surface area contributed by atoms with E-state index in [1.54, 1.807) is 0 Å². The molecule has 1 fully saturated rings. The van der Waals surface area contributed by atoms with Gasteiger partial charge in [0.2, 0.25) is 0 Å². The zero-order chi connectivity index (χ0) is 14.4. The van der Waals surface area contributed by atoms with Crippen LogP contribution in [0, 0.1) is 0 Å². The maximum atomic E-state index is 9.38. The number of aliphatic hydroxyl groups excluding tert-OH is 1. The molecule has 4 heteroatoms. The zero-order valence-electron chi connectivity index (χ0n) is 12.3. The van der Waals surface area contributed by atoms with Gasteiger partial charge in [-0.15, -0.1) is 0 Å². The van der Waals surface area contributed by atoms with E-state index in [-0.39, 0.29) is 6.61 Å². The van der Waals surface area contributed by atoms with Crippen molar-refractivity contribution in [2.75, 3.05) is 30.4 Å². The van der Waals surface area contributed by atoms with Gasteiger partial charge in [0, 0.05) is 12.6 Å². The second kappa shape index (κ2) is 7.39. The lowest BCUT2D eigenvalue weighted by Crippen LogP contribution is -2.39. The summed E-state index contributed by atoms with van der Waals surface area (Å²) in [7, 11) is 0. The predicted octanol–water partition coefficient (Wildman–Crippen LogP) is 2.80. The number of hydrogen-bond acceptors (Lipinski definition) is 4. The van der Waals surface area contributed by atoms with Gasteiger partial charge in [-0.2, -0.15) is 0 Å². The molecule has 0 saturated heterocycles. The first kappa shape index (κ1) is 15.0. The maximum absolute atomic E-state index is 9.38. The number of benzene rings is 1. The first-order chi connectivity index (χ1) is 9.77. The van der Waals surface area contributed by atoms with Gasteiger partial charge in [0.15, 0.2) is 0 Å². The van der Waals surface area contributed by atoms with E-state index in [2.05, 4.69) is 4.90 Å². The van der Waals surface area contributed by atoms with Gasteiger partial charge < -0.3 is 20.5 Å². The highest BCUT2D eigenvalue weighted by molar-refractivity contribution is 5.74. The van der Waals surface area contributed by atoms with Crippen LogP contribution in [0.4, 0.5) is 11.4 Å². The van der Waals surface area contributed by atoms with Gasteiger partial charge in [-0.3, -0.25) is 0 Å². The lowest BCUT2D eigenvalue weighted by molar-refractivity contribution is 0.290. The largest absolute Gasteiger partial charge is 0.492 e. The topological polar surface area (TPSA) is 58.7 Å². The number of nitrogen functional groups attached to an aromatic ring is 1. The summed E-state index contributed by atoms with van der Waals surface area (Å²) in [5.74, 6) is 0.740. The number of ether oxygens (including phenoxy) is 1. The highest BCUT2D eigenvalue weighted by Gasteiger charge is 2.23. The molecule has 112 valence electrons. The minimum Gasteiger partial charge on any atom is -0.492 e. The van der Waals surface area contributed by atoms with Gasteiger partial charge in [-0.25, -0.2) is 0 Å². The fourth-order valence-corrected chi connectivity index (χ4v) is 3.06. The van der Waals surface area contributed by atoms with Crippen LogP contribution in [0.2, 0.25) is 0 Å². The van der Waals surface area contributed by atoms with Gasteiger partial charge in [-0.1, -0.05) is 25.3 Å². The molecule has 2 rings (SSSR count). The summed E-state index contributed by atoms with van der Waals surface area (Å²) in [5, 5.41) is 9.38. The monoisotopic (exact) mass is 278 g/mol. The van der Waals surface area contributed by atoms with Gasteiger partial charge in [-0.05, 0) is 31.9 Å². The third-order valence-electron chi connectivity index (χ3n) is 4.01. The van der Waals surface area contributed by atoms with Crippen molar-refractivity contribution in [3.05, 3.63) is 18.2 Å². The van der Waals surface area contributed by atoms with Crippen LogP contribution in [-0.2, 0) is 0 Å². The highest BCUT2D eigenvalue weighted by atomic mass is 16.5. The average Bonchev–Trinajstić information content (AvgIpc) is 2.49. The third-order valence-corrected chi connectivity index (χ3v) is 4.01. The lowest BCUT2D eigenvalue weighted by atomic mass is 9.93. The van der Waals surface area contributed by atoms with Crippen LogP contribution in [-0.4, -0.2) is 30.9 Å².